The van der Waals surface area contributed by atoms with Crippen LogP contribution in [0.1, 0.15) is 0 Å². The van der Waals surface area contributed by atoms with E-state index in [-0.39, 0.29) is 13.7 Å². The molecule has 0 amide bonds. The normalized spacial score (nSPS) is 13.9. The van der Waals surface area contributed by atoms with Crippen molar-refractivity contribution in [3.63, 3.8) is 0 Å². The molecule has 0 spiro atoms. The Kier molecular flexibility index (Phi) is 4.72. The summed E-state index contributed by atoms with van der Waals surface area (Å²) in [6, 6.07) is 64.8. The predicted molar refractivity (Wildman–Crippen MR) is 253 cm³/mol. The zero-order valence-electron chi connectivity index (χ0n) is 32.1. The zero-order valence-corrected chi connectivity index (χ0v) is 32.1. The second-order valence-electron chi connectivity index (χ2n) is 17.4. The summed E-state index contributed by atoms with van der Waals surface area (Å²) in [6.45, 7) is -0.0939. The molecule has 0 atom stereocenters. The van der Waals surface area contributed by atoms with E-state index in [2.05, 4.69) is 188 Å². The van der Waals surface area contributed by atoms with Gasteiger partial charge in [-0.15, -0.1) is 0 Å². The molecule has 0 saturated heterocycles. The fraction of sp³-hybridized carbons (Fsp3) is 0. The summed E-state index contributed by atoms with van der Waals surface area (Å²) in [5.74, 6) is 0. The fourth-order valence-electron chi connectivity index (χ4n) is 13.2. The number of hydrogen-bond acceptors (Lipinski definition) is 0. The van der Waals surface area contributed by atoms with Gasteiger partial charge in [0.2, 0.25) is 0 Å². The molecule has 0 aliphatic carbocycles. The van der Waals surface area contributed by atoms with E-state index in [1.807, 2.05) is 0 Å². The summed E-state index contributed by atoms with van der Waals surface area (Å²) in [6.07, 6.45) is 0. The maximum absolute atomic E-state index is 2.72. The van der Waals surface area contributed by atoms with Crippen molar-refractivity contribution in [3.8, 4) is 33.6 Å². The highest BCUT2D eigenvalue weighted by molar-refractivity contribution is 6.93. The van der Waals surface area contributed by atoms with Gasteiger partial charge in [0, 0.05) is 76.3 Å². The summed E-state index contributed by atoms with van der Waals surface area (Å²) in [7, 11) is 0. The quantitative estimate of drug-likeness (QED) is 0.138. The maximum Gasteiger partial charge on any atom is 0.333 e. The minimum atomic E-state index is -0.0470. The Morgan fingerprint density at radius 2 is 0.617 bits per heavy atom. The number of nitrogens with zero attached hydrogens (tertiary/aromatic N) is 4. The first kappa shape index (κ1) is 29.5. The second kappa shape index (κ2) is 9.60. The van der Waals surface area contributed by atoms with E-state index in [1.54, 1.807) is 0 Å². The third-order valence-electron chi connectivity index (χ3n) is 15.1. The lowest BCUT2D eigenvalue weighted by molar-refractivity contribution is 1.10. The molecule has 4 nitrogen and oxygen atoms in total. The SMILES string of the molecule is c1ccc2c(c1)c1cccc3c1n2B1c2c-3c3c4c(c2-n2c5ccccc5c5cccc1c52)-n1c2ccccc2c2cccc(c21)B4n1c2ccccc2c2cccc-3c21. The Morgan fingerprint density at radius 1 is 0.283 bits per heavy atom. The maximum atomic E-state index is 2.72. The van der Waals surface area contributed by atoms with Crippen LogP contribution in [0.3, 0.4) is 0 Å². The van der Waals surface area contributed by atoms with Crippen LogP contribution in [-0.4, -0.2) is 31.8 Å². The molecule has 13 aromatic rings. The average molecular weight is 754 g/mol. The van der Waals surface area contributed by atoms with Gasteiger partial charge in [-0.3, -0.25) is 0 Å². The van der Waals surface area contributed by atoms with Crippen LogP contribution in [0.4, 0.5) is 0 Å². The van der Waals surface area contributed by atoms with Crippen LogP contribution in [0.5, 0.6) is 0 Å². The Hall–Kier alpha value is -7.69. The van der Waals surface area contributed by atoms with E-state index < -0.39 is 0 Å². The molecule has 0 bridgehead atoms. The van der Waals surface area contributed by atoms with Crippen molar-refractivity contribution < 1.29 is 0 Å². The van der Waals surface area contributed by atoms with Crippen LogP contribution in [-0.2, 0) is 0 Å². The lowest BCUT2D eigenvalue weighted by Crippen LogP contribution is -2.60. The second-order valence-corrected chi connectivity index (χ2v) is 17.4. The summed E-state index contributed by atoms with van der Waals surface area (Å²) in [4.78, 5) is 0. The summed E-state index contributed by atoms with van der Waals surface area (Å²) in [5.41, 5.74) is 23.9. The number of hydrogen-bond donors (Lipinski definition) is 0. The van der Waals surface area contributed by atoms with Gasteiger partial charge in [-0.2, -0.15) is 0 Å². The Bertz CT molecular complexity index is 3990. The van der Waals surface area contributed by atoms with Crippen molar-refractivity contribution in [3.05, 3.63) is 170 Å². The molecule has 0 N–H and O–H groups in total. The highest BCUT2D eigenvalue weighted by Gasteiger charge is 2.50. The van der Waals surface area contributed by atoms with E-state index in [0.717, 1.165) is 0 Å². The third-order valence-corrected chi connectivity index (χ3v) is 15.1. The number of fused-ring (bicyclic) bond motifs is 22. The molecular formula is C54H28B2N4. The van der Waals surface area contributed by atoms with E-state index in [1.165, 1.54) is 143 Å². The van der Waals surface area contributed by atoms with E-state index in [9.17, 15) is 0 Å². The van der Waals surface area contributed by atoms with Crippen LogP contribution in [0.15, 0.2) is 170 Å². The standard InChI is InChI=1S/C54H28B2N4/c1-5-25-41-29(13-1)35-19-11-23-39-51(35)57(41)53-47-45(37-21-9-17-33-31-15-3-7-27-43(31)59(49(33)37)55(39)47)46-38-22-10-18-34-32-16-4-8-28-44(32)60(50(34)38)56-40-24-12-20-36-30-14-2-6-26-42(30)58(52(36)40)54(53)48(46)56/h1-28H. The van der Waals surface area contributed by atoms with Crippen molar-refractivity contribution in [1.29, 1.82) is 0 Å². The van der Waals surface area contributed by atoms with Crippen molar-refractivity contribution in [2.24, 2.45) is 0 Å². The zero-order chi connectivity index (χ0) is 38.3. The van der Waals surface area contributed by atoms with Crippen LogP contribution in [0.2, 0.25) is 0 Å². The molecule has 17 rings (SSSR count). The largest absolute Gasteiger partial charge is 0.375 e. The third kappa shape index (κ3) is 2.93. The molecule has 9 aromatic carbocycles. The molecule has 4 aliphatic heterocycles. The van der Waals surface area contributed by atoms with Gasteiger partial charge < -0.3 is 18.1 Å². The van der Waals surface area contributed by atoms with Gasteiger partial charge in [-0.1, -0.05) is 146 Å². The molecule has 4 aliphatic rings. The average Bonchev–Trinajstić information content (AvgIpc) is 4.04. The number of rotatable bonds is 0. The number of benzene rings is 9. The first-order chi connectivity index (χ1) is 29.9. The van der Waals surface area contributed by atoms with Gasteiger partial charge in [-0.05, 0) is 57.2 Å². The van der Waals surface area contributed by atoms with Gasteiger partial charge in [0.15, 0.2) is 0 Å². The van der Waals surface area contributed by atoms with Crippen molar-refractivity contribution >= 4 is 123 Å². The lowest BCUT2D eigenvalue weighted by atomic mass is 9.41. The Morgan fingerprint density at radius 3 is 1.05 bits per heavy atom. The first-order valence-electron chi connectivity index (χ1n) is 21.2. The summed E-state index contributed by atoms with van der Waals surface area (Å²) >= 11 is 0. The highest BCUT2D eigenvalue weighted by atomic mass is 15.1. The molecule has 0 unspecified atom stereocenters. The Balaban J connectivity index is 1.24. The molecule has 0 radical (unpaired) electrons. The minimum Gasteiger partial charge on any atom is -0.375 e. The molecule has 0 fully saturated rings. The van der Waals surface area contributed by atoms with E-state index >= 15 is 0 Å². The number of aromatic nitrogens is 4. The van der Waals surface area contributed by atoms with Crippen LogP contribution in [0.25, 0.3) is 121 Å². The van der Waals surface area contributed by atoms with E-state index in [4.69, 9.17) is 0 Å². The summed E-state index contributed by atoms with van der Waals surface area (Å²) in [5, 5.41) is 10.5. The van der Waals surface area contributed by atoms with Gasteiger partial charge in [0.25, 0.3) is 0 Å². The Labute approximate surface area is 342 Å². The van der Waals surface area contributed by atoms with Gasteiger partial charge in [-0.25, -0.2) is 0 Å². The van der Waals surface area contributed by atoms with Crippen molar-refractivity contribution in [2.45, 2.75) is 0 Å². The van der Waals surface area contributed by atoms with Crippen LogP contribution < -0.4 is 21.9 Å². The molecule has 8 heterocycles. The first-order valence-corrected chi connectivity index (χ1v) is 21.2. The fourth-order valence-corrected chi connectivity index (χ4v) is 13.2. The van der Waals surface area contributed by atoms with Crippen LogP contribution in [0, 0.1) is 0 Å². The molecular weight excluding hydrogens is 726 g/mol. The monoisotopic (exact) mass is 754 g/mol. The number of para-hydroxylation sites is 8. The van der Waals surface area contributed by atoms with E-state index in [0.29, 0.717) is 0 Å². The molecule has 60 heavy (non-hydrogen) atoms. The molecule has 6 heteroatoms. The molecule has 0 saturated carbocycles. The molecule has 270 valence electrons. The van der Waals surface area contributed by atoms with Gasteiger partial charge >= 0.3 is 13.7 Å². The minimum absolute atomic E-state index is 0.0470. The smallest absolute Gasteiger partial charge is 0.333 e. The predicted octanol–water partition coefficient (Wildman–Crippen LogP) is 9.99. The topological polar surface area (TPSA) is 19.7 Å². The summed E-state index contributed by atoms with van der Waals surface area (Å²) < 4.78 is 10.8. The van der Waals surface area contributed by atoms with Crippen molar-refractivity contribution in [2.75, 3.05) is 0 Å². The van der Waals surface area contributed by atoms with Crippen molar-refractivity contribution in [1.82, 2.24) is 18.1 Å². The van der Waals surface area contributed by atoms with Gasteiger partial charge in [0.1, 0.15) is 0 Å². The van der Waals surface area contributed by atoms with Crippen LogP contribution >= 0.6 is 0 Å². The lowest BCUT2D eigenvalue weighted by Gasteiger charge is -2.42. The highest BCUT2D eigenvalue weighted by Crippen LogP contribution is 2.51. The van der Waals surface area contributed by atoms with Gasteiger partial charge in [0.05, 0.1) is 33.4 Å². The molecule has 4 aromatic heterocycles.